The van der Waals surface area contributed by atoms with E-state index in [0.29, 0.717) is 29.9 Å². The molecule has 1 aliphatic rings. The molecule has 0 spiro atoms. The number of nitrogens with one attached hydrogen (secondary N) is 1. The maximum Gasteiger partial charge on any atom is 0.289 e. The Hall–Kier alpha value is -2.95. The molecule has 24 heavy (non-hydrogen) atoms. The molecule has 1 amide bonds. The number of carbonyl (C=O) groups is 1. The summed E-state index contributed by atoms with van der Waals surface area (Å²) in [5, 5.41) is 0.498. The van der Waals surface area contributed by atoms with Crippen LogP contribution in [0.25, 0.3) is 10.9 Å². The topological polar surface area (TPSA) is 66.1 Å². The number of para-hydroxylation sites is 1. The predicted molar refractivity (Wildman–Crippen MR) is 92.1 cm³/mol. The number of aromatic amines is 1. The average Bonchev–Trinajstić information content (AvgIpc) is 3.12. The molecule has 5 heteroatoms. The highest BCUT2D eigenvalue weighted by atomic mass is 16.2. The minimum atomic E-state index is -0.275. The van der Waals surface area contributed by atoms with Crippen molar-refractivity contribution in [3.63, 3.8) is 0 Å². The number of benzene rings is 2. The van der Waals surface area contributed by atoms with Crippen molar-refractivity contribution in [2.45, 2.75) is 12.3 Å². The van der Waals surface area contributed by atoms with Crippen LogP contribution in [-0.4, -0.2) is 33.9 Å². The van der Waals surface area contributed by atoms with E-state index in [4.69, 9.17) is 0 Å². The molecule has 2 heterocycles. The molecular weight excluding hydrogens is 302 g/mol. The molecule has 5 nitrogen and oxygen atoms in total. The summed E-state index contributed by atoms with van der Waals surface area (Å²) in [7, 11) is 0. The van der Waals surface area contributed by atoms with Crippen LogP contribution in [0.2, 0.25) is 0 Å². The lowest BCUT2D eigenvalue weighted by Gasteiger charge is -2.16. The Morgan fingerprint density at radius 3 is 2.67 bits per heavy atom. The standard InChI is InChI=1S/C19H17N3O2/c23-18-15-8-4-5-9-16(15)20-17(21-18)19(24)22-11-10-14(12-22)13-6-2-1-3-7-13/h1-9,14H,10-12H2,(H,20,21,23)/t14-/m1/s1. The first-order chi connectivity index (χ1) is 11.7. The number of rotatable bonds is 2. The maximum absolute atomic E-state index is 12.7. The molecule has 0 radical (unpaired) electrons. The summed E-state index contributed by atoms with van der Waals surface area (Å²) in [6.07, 6.45) is 0.924. The van der Waals surface area contributed by atoms with Crippen LogP contribution in [0.3, 0.4) is 0 Å². The van der Waals surface area contributed by atoms with Gasteiger partial charge < -0.3 is 9.88 Å². The molecule has 0 aliphatic carbocycles. The highest BCUT2D eigenvalue weighted by Gasteiger charge is 2.29. The zero-order valence-electron chi connectivity index (χ0n) is 13.1. The smallest absolute Gasteiger partial charge is 0.289 e. The molecule has 1 aliphatic heterocycles. The predicted octanol–water partition coefficient (Wildman–Crippen LogP) is 2.55. The van der Waals surface area contributed by atoms with E-state index in [1.54, 1.807) is 23.1 Å². The lowest BCUT2D eigenvalue weighted by atomic mass is 9.99. The lowest BCUT2D eigenvalue weighted by molar-refractivity contribution is 0.0779. The molecule has 0 saturated carbocycles. The second-order valence-electron chi connectivity index (χ2n) is 6.08. The van der Waals surface area contributed by atoms with Crippen LogP contribution in [0.4, 0.5) is 0 Å². The van der Waals surface area contributed by atoms with Crippen molar-refractivity contribution in [2.24, 2.45) is 0 Å². The fraction of sp³-hybridized carbons (Fsp3) is 0.211. The molecule has 120 valence electrons. The number of aromatic nitrogens is 2. The van der Waals surface area contributed by atoms with Gasteiger partial charge >= 0.3 is 0 Å². The Morgan fingerprint density at radius 2 is 1.83 bits per heavy atom. The molecule has 3 aromatic rings. The fourth-order valence-corrected chi connectivity index (χ4v) is 3.28. The van der Waals surface area contributed by atoms with Gasteiger partial charge in [-0.15, -0.1) is 0 Å². The van der Waals surface area contributed by atoms with Gasteiger partial charge in [-0.25, -0.2) is 4.98 Å². The third kappa shape index (κ3) is 2.58. The highest BCUT2D eigenvalue weighted by molar-refractivity contribution is 5.92. The Kier molecular flexibility index (Phi) is 3.61. The molecular formula is C19H17N3O2. The molecule has 1 fully saturated rings. The first-order valence-corrected chi connectivity index (χ1v) is 8.05. The minimum Gasteiger partial charge on any atom is -0.335 e. The molecule has 0 bridgehead atoms. The van der Waals surface area contributed by atoms with E-state index in [9.17, 15) is 9.59 Å². The minimum absolute atomic E-state index is 0.118. The Balaban J connectivity index is 1.60. The number of nitrogens with zero attached hydrogens (tertiary/aromatic N) is 2. The van der Waals surface area contributed by atoms with Gasteiger partial charge in [-0.3, -0.25) is 9.59 Å². The fourth-order valence-electron chi connectivity index (χ4n) is 3.28. The molecule has 1 N–H and O–H groups in total. The average molecular weight is 319 g/mol. The second kappa shape index (κ2) is 5.92. The van der Waals surface area contributed by atoms with Gasteiger partial charge in [0.25, 0.3) is 11.5 Å². The first-order valence-electron chi connectivity index (χ1n) is 8.05. The molecule has 1 saturated heterocycles. The SMILES string of the molecule is O=C(c1nc2ccccc2c(=O)[nH]1)N1CC[C@@H](c2ccccc2)C1. The van der Waals surface area contributed by atoms with E-state index in [2.05, 4.69) is 22.1 Å². The van der Waals surface area contributed by atoms with Crippen molar-refractivity contribution >= 4 is 16.8 Å². The van der Waals surface area contributed by atoms with E-state index in [1.165, 1.54) is 5.56 Å². The van der Waals surface area contributed by atoms with E-state index in [-0.39, 0.29) is 17.3 Å². The van der Waals surface area contributed by atoms with Crippen molar-refractivity contribution in [1.29, 1.82) is 0 Å². The van der Waals surface area contributed by atoms with Gasteiger partial charge in [0.05, 0.1) is 10.9 Å². The number of fused-ring (bicyclic) bond motifs is 1. The number of likely N-dealkylation sites (tertiary alicyclic amines) is 1. The van der Waals surface area contributed by atoms with Crippen molar-refractivity contribution in [1.82, 2.24) is 14.9 Å². The van der Waals surface area contributed by atoms with E-state index < -0.39 is 0 Å². The zero-order chi connectivity index (χ0) is 16.5. The maximum atomic E-state index is 12.7. The lowest BCUT2D eigenvalue weighted by Crippen LogP contribution is -2.31. The zero-order valence-corrected chi connectivity index (χ0v) is 13.1. The summed E-state index contributed by atoms with van der Waals surface area (Å²) < 4.78 is 0. The number of amides is 1. The number of H-pyrrole nitrogens is 1. The highest BCUT2D eigenvalue weighted by Crippen LogP contribution is 2.27. The van der Waals surface area contributed by atoms with Crippen molar-refractivity contribution in [3.8, 4) is 0 Å². The normalized spacial score (nSPS) is 17.3. The Bertz CT molecular complexity index is 949. The third-order valence-electron chi connectivity index (χ3n) is 4.56. The van der Waals surface area contributed by atoms with Gasteiger partial charge in [-0.05, 0) is 24.1 Å². The van der Waals surface area contributed by atoms with Gasteiger partial charge in [-0.2, -0.15) is 0 Å². The molecule has 0 unspecified atom stereocenters. The largest absolute Gasteiger partial charge is 0.335 e. The van der Waals surface area contributed by atoms with Crippen molar-refractivity contribution in [2.75, 3.05) is 13.1 Å². The molecule has 1 atom stereocenters. The van der Waals surface area contributed by atoms with E-state index in [1.807, 2.05) is 24.3 Å². The van der Waals surface area contributed by atoms with Gasteiger partial charge in [0, 0.05) is 19.0 Å². The molecule has 1 aromatic heterocycles. The van der Waals surface area contributed by atoms with Crippen LogP contribution in [0.1, 0.15) is 28.5 Å². The monoisotopic (exact) mass is 319 g/mol. The summed E-state index contributed by atoms with van der Waals surface area (Å²) in [4.78, 5) is 33.6. The summed E-state index contributed by atoms with van der Waals surface area (Å²) in [5.41, 5.74) is 1.51. The number of carbonyl (C=O) groups excluding carboxylic acids is 1. The quantitative estimate of drug-likeness (QED) is 0.789. The molecule has 2 aromatic carbocycles. The summed E-state index contributed by atoms with van der Waals surface area (Å²) in [5.74, 6) is 0.242. The van der Waals surface area contributed by atoms with Crippen LogP contribution in [0, 0.1) is 0 Å². The van der Waals surface area contributed by atoms with Crippen LogP contribution in [0.15, 0.2) is 59.4 Å². The second-order valence-corrected chi connectivity index (χ2v) is 6.08. The number of hydrogen-bond donors (Lipinski definition) is 1. The van der Waals surface area contributed by atoms with E-state index in [0.717, 1.165) is 6.42 Å². The van der Waals surface area contributed by atoms with Crippen molar-refractivity contribution < 1.29 is 4.79 Å². The molecule has 4 rings (SSSR count). The Morgan fingerprint density at radius 1 is 1.08 bits per heavy atom. The third-order valence-corrected chi connectivity index (χ3v) is 4.56. The van der Waals surface area contributed by atoms with Crippen LogP contribution < -0.4 is 5.56 Å². The van der Waals surface area contributed by atoms with Crippen LogP contribution in [0.5, 0.6) is 0 Å². The summed E-state index contributed by atoms with van der Waals surface area (Å²) in [6, 6.07) is 17.3. The van der Waals surface area contributed by atoms with Gasteiger partial charge in [0.15, 0.2) is 5.82 Å². The first kappa shape index (κ1) is 14.6. The number of hydrogen-bond acceptors (Lipinski definition) is 3. The van der Waals surface area contributed by atoms with Crippen molar-refractivity contribution in [3.05, 3.63) is 76.3 Å². The van der Waals surface area contributed by atoms with Crippen LogP contribution >= 0.6 is 0 Å². The van der Waals surface area contributed by atoms with Gasteiger partial charge in [0.1, 0.15) is 0 Å². The van der Waals surface area contributed by atoms with Crippen LogP contribution in [-0.2, 0) is 0 Å². The summed E-state index contributed by atoms with van der Waals surface area (Å²) in [6.45, 7) is 1.33. The van der Waals surface area contributed by atoms with Gasteiger partial charge in [-0.1, -0.05) is 42.5 Å². The van der Waals surface area contributed by atoms with E-state index >= 15 is 0 Å². The van der Waals surface area contributed by atoms with Gasteiger partial charge in [0.2, 0.25) is 0 Å². The summed E-state index contributed by atoms with van der Waals surface area (Å²) >= 11 is 0. The Labute approximate surface area is 139 Å².